The molecule has 0 bridgehead atoms. The molecular weight excluding hydrogens is 311 g/mol. The van der Waals surface area contributed by atoms with Gasteiger partial charge in [0.1, 0.15) is 11.6 Å². The zero-order valence-corrected chi connectivity index (χ0v) is 13.7. The van der Waals surface area contributed by atoms with Crippen LogP contribution < -0.4 is 15.4 Å². The predicted octanol–water partition coefficient (Wildman–Crippen LogP) is 1.46. The average molecular weight is 336 g/mol. The van der Waals surface area contributed by atoms with Gasteiger partial charge in [-0.25, -0.2) is 4.39 Å². The van der Waals surface area contributed by atoms with Crippen molar-refractivity contribution in [1.82, 2.24) is 10.6 Å². The summed E-state index contributed by atoms with van der Waals surface area (Å²) in [5, 5.41) is 16.0. The summed E-state index contributed by atoms with van der Waals surface area (Å²) in [4.78, 5) is 12.3. The lowest BCUT2D eigenvalue weighted by molar-refractivity contribution is -0.125. The van der Waals surface area contributed by atoms with E-state index >= 15 is 0 Å². The third-order valence-electron chi connectivity index (χ3n) is 5.04. The summed E-state index contributed by atoms with van der Waals surface area (Å²) in [6.45, 7) is 1.80. The number of ether oxygens (including phenoxy) is 1. The lowest BCUT2D eigenvalue weighted by Gasteiger charge is -2.43. The van der Waals surface area contributed by atoms with Crippen LogP contribution in [0.3, 0.4) is 0 Å². The molecule has 0 unspecified atom stereocenters. The van der Waals surface area contributed by atoms with Crippen LogP contribution in [0.25, 0.3) is 0 Å². The number of piperidine rings is 1. The number of aliphatic hydroxyl groups is 1. The lowest BCUT2D eigenvalue weighted by atomic mass is 9.71. The minimum atomic E-state index is -0.385. The van der Waals surface area contributed by atoms with Crippen molar-refractivity contribution < 1.29 is 19.0 Å². The highest BCUT2D eigenvalue weighted by atomic mass is 19.1. The fourth-order valence-corrected chi connectivity index (χ4v) is 3.68. The number of hydrogen-bond donors (Lipinski definition) is 3. The minimum Gasteiger partial charge on any atom is -0.484 e. The van der Waals surface area contributed by atoms with Gasteiger partial charge in [-0.05, 0) is 62.7 Å². The molecule has 1 aromatic rings. The standard InChI is InChI=1S/C18H25FN2O3/c19-14-2-1-3-16(10-14)24-11-17(23)21-18(13-8-15(22)9-13)12-4-6-20-7-5-12/h1-3,10,12-13,15,18,20,22H,4-9,11H2,(H,21,23)/t13?,15?,18-/m1/s1. The molecule has 1 heterocycles. The molecule has 1 amide bonds. The van der Waals surface area contributed by atoms with Gasteiger partial charge < -0.3 is 20.5 Å². The smallest absolute Gasteiger partial charge is 0.258 e. The zero-order chi connectivity index (χ0) is 16.9. The zero-order valence-electron chi connectivity index (χ0n) is 13.7. The maximum absolute atomic E-state index is 13.1. The molecule has 1 aliphatic carbocycles. The van der Waals surface area contributed by atoms with Gasteiger partial charge in [-0.2, -0.15) is 0 Å². The van der Waals surface area contributed by atoms with E-state index in [1.165, 1.54) is 12.1 Å². The monoisotopic (exact) mass is 336 g/mol. The fraction of sp³-hybridized carbons (Fsp3) is 0.611. The summed E-state index contributed by atoms with van der Waals surface area (Å²) in [6, 6.07) is 5.86. The van der Waals surface area contributed by atoms with E-state index in [1.54, 1.807) is 12.1 Å². The van der Waals surface area contributed by atoms with Crippen molar-refractivity contribution in [3.63, 3.8) is 0 Å². The Morgan fingerprint density at radius 2 is 2.08 bits per heavy atom. The van der Waals surface area contributed by atoms with Gasteiger partial charge in [-0.3, -0.25) is 4.79 Å². The molecule has 1 saturated carbocycles. The molecule has 5 nitrogen and oxygen atoms in total. The van der Waals surface area contributed by atoms with E-state index in [1.807, 2.05) is 0 Å². The largest absolute Gasteiger partial charge is 0.484 e. The van der Waals surface area contributed by atoms with Crippen LogP contribution in [0.15, 0.2) is 24.3 Å². The highest BCUT2D eigenvalue weighted by Crippen LogP contribution is 2.35. The number of amides is 1. The Bertz CT molecular complexity index is 557. The number of carbonyl (C=O) groups is 1. The van der Waals surface area contributed by atoms with Gasteiger partial charge in [0, 0.05) is 12.1 Å². The highest BCUT2D eigenvalue weighted by molar-refractivity contribution is 5.78. The third-order valence-corrected chi connectivity index (χ3v) is 5.04. The number of benzene rings is 1. The molecule has 1 saturated heterocycles. The van der Waals surface area contributed by atoms with Crippen LogP contribution in [0.2, 0.25) is 0 Å². The van der Waals surface area contributed by atoms with Crippen LogP contribution in [0.5, 0.6) is 5.75 Å². The molecule has 1 aliphatic heterocycles. The predicted molar refractivity (Wildman–Crippen MR) is 88.2 cm³/mol. The summed E-state index contributed by atoms with van der Waals surface area (Å²) < 4.78 is 18.5. The van der Waals surface area contributed by atoms with Crippen LogP contribution in [-0.4, -0.2) is 42.9 Å². The van der Waals surface area contributed by atoms with Crippen molar-refractivity contribution in [1.29, 1.82) is 0 Å². The summed E-state index contributed by atoms with van der Waals surface area (Å²) in [7, 11) is 0. The molecular formula is C18H25FN2O3. The van der Waals surface area contributed by atoms with Crippen LogP contribution in [0.4, 0.5) is 4.39 Å². The SMILES string of the molecule is O=C(COc1cccc(F)c1)N[C@H](C1CCNCC1)C1CC(O)C1. The molecule has 0 spiro atoms. The van der Waals surface area contributed by atoms with Crippen molar-refractivity contribution in [3.8, 4) is 5.75 Å². The van der Waals surface area contributed by atoms with E-state index in [0.29, 0.717) is 17.6 Å². The van der Waals surface area contributed by atoms with Crippen molar-refractivity contribution in [2.45, 2.75) is 37.8 Å². The second-order valence-electron chi connectivity index (χ2n) is 6.81. The Hall–Kier alpha value is -1.66. The second-order valence-corrected chi connectivity index (χ2v) is 6.81. The van der Waals surface area contributed by atoms with Crippen LogP contribution >= 0.6 is 0 Å². The number of nitrogens with one attached hydrogen (secondary N) is 2. The first-order valence-electron chi connectivity index (χ1n) is 8.68. The topological polar surface area (TPSA) is 70.6 Å². The number of hydrogen-bond acceptors (Lipinski definition) is 4. The molecule has 1 aromatic carbocycles. The fourth-order valence-electron chi connectivity index (χ4n) is 3.68. The van der Waals surface area contributed by atoms with E-state index in [9.17, 15) is 14.3 Å². The molecule has 0 radical (unpaired) electrons. The molecule has 1 atom stereocenters. The number of halogens is 1. The van der Waals surface area contributed by atoms with Crippen molar-refractivity contribution in [3.05, 3.63) is 30.1 Å². The molecule has 2 fully saturated rings. The molecule has 3 N–H and O–H groups in total. The first kappa shape index (κ1) is 17.2. The van der Waals surface area contributed by atoms with Crippen molar-refractivity contribution in [2.24, 2.45) is 11.8 Å². The Morgan fingerprint density at radius 3 is 2.75 bits per heavy atom. The van der Waals surface area contributed by atoms with Gasteiger partial charge >= 0.3 is 0 Å². The number of aliphatic hydroxyl groups excluding tert-OH is 1. The van der Waals surface area contributed by atoms with Gasteiger partial charge in [0.2, 0.25) is 0 Å². The first-order chi connectivity index (χ1) is 11.6. The van der Waals surface area contributed by atoms with Gasteiger partial charge in [0.25, 0.3) is 5.91 Å². The van der Waals surface area contributed by atoms with Gasteiger partial charge in [-0.15, -0.1) is 0 Å². The molecule has 132 valence electrons. The molecule has 2 aliphatic rings. The highest BCUT2D eigenvalue weighted by Gasteiger charge is 2.39. The Morgan fingerprint density at radius 1 is 1.33 bits per heavy atom. The Kier molecular flexibility index (Phi) is 5.68. The maximum atomic E-state index is 13.1. The van der Waals surface area contributed by atoms with Crippen LogP contribution in [0, 0.1) is 17.7 Å². The van der Waals surface area contributed by atoms with E-state index in [4.69, 9.17) is 4.74 Å². The van der Waals surface area contributed by atoms with E-state index in [0.717, 1.165) is 38.8 Å². The number of rotatable bonds is 6. The second kappa shape index (κ2) is 7.94. The van der Waals surface area contributed by atoms with E-state index in [2.05, 4.69) is 10.6 Å². The van der Waals surface area contributed by atoms with Crippen molar-refractivity contribution in [2.75, 3.05) is 19.7 Å². The Labute approximate surface area is 141 Å². The summed E-state index contributed by atoms with van der Waals surface area (Å²) in [5.41, 5.74) is 0. The van der Waals surface area contributed by atoms with E-state index in [-0.39, 0.29) is 30.5 Å². The number of carbonyl (C=O) groups excluding carboxylic acids is 1. The maximum Gasteiger partial charge on any atom is 0.258 e. The minimum absolute atomic E-state index is 0.0825. The first-order valence-corrected chi connectivity index (χ1v) is 8.68. The molecule has 3 rings (SSSR count). The van der Waals surface area contributed by atoms with Crippen molar-refractivity contribution >= 4 is 5.91 Å². The average Bonchev–Trinajstić information content (AvgIpc) is 2.56. The van der Waals surface area contributed by atoms with Gasteiger partial charge in [-0.1, -0.05) is 6.07 Å². The third kappa shape index (κ3) is 4.45. The van der Waals surface area contributed by atoms with Crippen LogP contribution in [-0.2, 0) is 4.79 Å². The quantitative estimate of drug-likeness (QED) is 0.736. The summed E-state index contributed by atoms with van der Waals surface area (Å²) in [6.07, 6.45) is 3.32. The molecule has 0 aromatic heterocycles. The summed E-state index contributed by atoms with van der Waals surface area (Å²) >= 11 is 0. The summed E-state index contributed by atoms with van der Waals surface area (Å²) in [5.74, 6) is 0.541. The molecule has 24 heavy (non-hydrogen) atoms. The normalized spacial score (nSPS) is 25.6. The Balaban J connectivity index is 1.54. The van der Waals surface area contributed by atoms with Crippen LogP contribution in [0.1, 0.15) is 25.7 Å². The lowest BCUT2D eigenvalue weighted by Crippen LogP contribution is -2.53. The van der Waals surface area contributed by atoms with E-state index < -0.39 is 0 Å². The molecule has 6 heteroatoms. The van der Waals surface area contributed by atoms with Gasteiger partial charge in [0.15, 0.2) is 6.61 Å². The van der Waals surface area contributed by atoms with Gasteiger partial charge in [0.05, 0.1) is 6.10 Å².